The third kappa shape index (κ3) is 4.31. The Hall–Kier alpha value is -3.16. The van der Waals surface area contributed by atoms with E-state index in [-0.39, 0.29) is 5.91 Å². The van der Waals surface area contributed by atoms with Gasteiger partial charge >= 0.3 is 0 Å². The van der Waals surface area contributed by atoms with E-state index in [1.165, 1.54) is 12.8 Å². The number of hydrogen-bond acceptors (Lipinski definition) is 6. The monoisotopic (exact) mass is 394 g/mol. The van der Waals surface area contributed by atoms with Gasteiger partial charge in [-0.2, -0.15) is 5.10 Å². The van der Waals surface area contributed by atoms with Crippen molar-refractivity contribution in [2.45, 2.75) is 46.1 Å². The Bertz CT molecular complexity index is 956. The lowest BCUT2D eigenvalue weighted by molar-refractivity contribution is -0.121. The number of aromatic nitrogens is 4. The zero-order chi connectivity index (χ0) is 20.2. The first-order chi connectivity index (χ1) is 14.1. The van der Waals surface area contributed by atoms with Crippen LogP contribution in [0.5, 0.6) is 0 Å². The molecule has 1 fully saturated rings. The van der Waals surface area contributed by atoms with Crippen LogP contribution in [-0.2, 0) is 17.8 Å². The molecule has 0 atom stereocenters. The lowest BCUT2D eigenvalue weighted by Crippen LogP contribution is -2.22. The van der Waals surface area contributed by atoms with Crippen LogP contribution in [0.3, 0.4) is 0 Å². The van der Waals surface area contributed by atoms with E-state index < -0.39 is 0 Å². The van der Waals surface area contributed by atoms with Crippen molar-refractivity contribution in [3.05, 3.63) is 53.2 Å². The molecular weight excluding hydrogens is 368 g/mol. The zero-order valence-electron chi connectivity index (χ0n) is 16.9. The van der Waals surface area contributed by atoms with E-state index in [2.05, 4.69) is 25.5 Å². The highest BCUT2D eigenvalue weighted by atomic mass is 16.3. The molecule has 1 amide bonds. The van der Waals surface area contributed by atoms with Gasteiger partial charge in [-0.15, -0.1) is 10.2 Å². The van der Waals surface area contributed by atoms with Crippen molar-refractivity contribution in [2.75, 3.05) is 18.0 Å². The summed E-state index contributed by atoms with van der Waals surface area (Å²) >= 11 is 0. The number of nitrogens with zero attached hydrogens (tertiary/aromatic N) is 5. The normalized spacial score (nSPS) is 13.8. The van der Waals surface area contributed by atoms with Crippen LogP contribution in [-0.4, -0.2) is 39.0 Å². The molecule has 0 spiro atoms. The minimum Gasteiger partial charge on any atom is -0.467 e. The second-order valence-corrected chi connectivity index (χ2v) is 7.36. The van der Waals surface area contributed by atoms with Crippen LogP contribution in [0, 0.1) is 13.8 Å². The zero-order valence-corrected chi connectivity index (χ0v) is 16.9. The van der Waals surface area contributed by atoms with Gasteiger partial charge in [0, 0.05) is 25.2 Å². The first kappa shape index (κ1) is 19.2. The van der Waals surface area contributed by atoms with Crippen LogP contribution >= 0.6 is 0 Å². The summed E-state index contributed by atoms with van der Waals surface area (Å²) in [5, 5.41) is 16.3. The Labute approximate surface area is 169 Å². The molecular formula is C21H26N6O2. The standard InChI is InChI=1S/C21H26N6O2/c1-15-18(7-10-21(28)22-14-17-6-5-13-29-17)16(2)27(25-15)20-9-8-19(23-24-20)26-11-3-4-12-26/h5-6,8-9,13H,3-4,7,10-12,14H2,1-2H3,(H,22,28). The van der Waals surface area contributed by atoms with Crippen LogP contribution in [0.1, 0.15) is 42.0 Å². The van der Waals surface area contributed by atoms with Gasteiger partial charge < -0.3 is 14.6 Å². The van der Waals surface area contributed by atoms with Gasteiger partial charge in [-0.25, -0.2) is 4.68 Å². The molecule has 4 rings (SSSR count). The molecule has 1 N–H and O–H groups in total. The van der Waals surface area contributed by atoms with Gasteiger partial charge in [-0.1, -0.05) is 0 Å². The molecule has 8 nitrogen and oxygen atoms in total. The van der Waals surface area contributed by atoms with Crippen LogP contribution < -0.4 is 10.2 Å². The van der Waals surface area contributed by atoms with Crippen molar-refractivity contribution in [1.82, 2.24) is 25.3 Å². The number of rotatable bonds is 7. The fraction of sp³-hybridized carbons (Fsp3) is 0.429. The first-order valence-electron chi connectivity index (χ1n) is 10.0. The maximum Gasteiger partial charge on any atom is 0.220 e. The van der Waals surface area contributed by atoms with E-state index in [1.807, 2.05) is 42.8 Å². The van der Waals surface area contributed by atoms with Crippen LogP contribution in [0.2, 0.25) is 0 Å². The first-order valence-corrected chi connectivity index (χ1v) is 10.0. The number of nitrogens with one attached hydrogen (secondary N) is 1. The second kappa shape index (κ2) is 8.46. The van der Waals surface area contributed by atoms with Gasteiger partial charge in [0.1, 0.15) is 5.76 Å². The van der Waals surface area contributed by atoms with Crippen molar-refractivity contribution in [3.63, 3.8) is 0 Å². The minimum atomic E-state index is -0.0114. The Balaban J connectivity index is 1.40. The Morgan fingerprint density at radius 1 is 1.14 bits per heavy atom. The van der Waals surface area contributed by atoms with Crippen molar-refractivity contribution in [3.8, 4) is 5.82 Å². The molecule has 0 aliphatic carbocycles. The number of carbonyl (C=O) groups is 1. The van der Waals surface area contributed by atoms with E-state index in [4.69, 9.17) is 4.42 Å². The summed E-state index contributed by atoms with van der Waals surface area (Å²) < 4.78 is 7.05. The number of anilines is 1. The van der Waals surface area contributed by atoms with Crippen LogP contribution in [0.25, 0.3) is 5.82 Å². The van der Waals surface area contributed by atoms with Crippen LogP contribution in [0.15, 0.2) is 34.9 Å². The number of hydrogen-bond donors (Lipinski definition) is 1. The van der Waals surface area contributed by atoms with Gasteiger partial charge in [-0.05, 0) is 62.9 Å². The van der Waals surface area contributed by atoms with Gasteiger partial charge in [0.05, 0.1) is 18.5 Å². The number of furan rings is 1. The van der Waals surface area contributed by atoms with Crippen molar-refractivity contribution >= 4 is 11.7 Å². The molecule has 0 unspecified atom stereocenters. The molecule has 1 aliphatic rings. The maximum atomic E-state index is 12.2. The van der Waals surface area contributed by atoms with Gasteiger partial charge in [0.15, 0.2) is 11.6 Å². The molecule has 152 valence electrons. The van der Waals surface area contributed by atoms with E-state index in [0.717, 1.165) is 41.6 Å². The quantitative estimate of drug-likeness (QED) is 0.663. The Morgan fingerprint density at radius 2 is 1.90 bits per heavy atom. The molecule has 8 heteroatoms. The summed E-state index contributed by atoms with van der Waals surface area (Å²) in [7, 11) is 0. The highest BCUT2D eigenvalue weighted by molar-refractivity contribution is 5.76. The summed E-state index contributed by atoms with van der Waals surface area (Å²) in [5.74, 6) is 2.35. The highest BCUT2D eigenvalue weighted by Crippen LogP contribution is 2.21. The van der Waals surface area contributed by atoms with Crippen LogP contribution in [0.4, 0.5) is 5.82 Å². The Kier molecular flexibility index (Phi) is 5.59. The maximum absolute atomic E-state index is 12.2. The number of aryl methyl sites for hydroxylation is 1. The molecule has 3 aromatic rings. The average Bonchev–Trinajstić information content (AvgIpc) is 3.48. The Morgan fingerprint density at radius 3 is 2.59 bits per heavy atom. The SMILES string of the molecule is Cc1nn(-c2ccc(N3CCCC3)nn2)c(C)c1CCC(=O)NCc1ccco1. The summed E-state index contributed by atoms with van der Waals surface area (Å²) in [6, 6.07) is 7.61. The predicted octanol–water partition coefficient (Wildman–Crippen LogP) is 2.72. The van der Waals surface area contributed by atoms with Gasteiger partial charge in [0.2, 0.25) is 5.91 Å². The molecule has 0 radical (unpaired) electrons. The second-order valence-electron chi connectivity index (χ2n) is 7.36. The van der Waals surface area contributed by atoms with E-state index in [9.17, 15) is 4.79 Å². The van der Waals surface area contributed by atoms with Crippen molar-refractivity contribution in [2.24, 2.45) is 0 Å². The molecule has 1 saturated heterocycles. The molecule has 29 heavy (non-hydrogen) atoms. The van der Waals surface area contributed by atoms with E-state index in [0.29, 0.717) is 25.2 Å². The van der Waals surface area contributed by atoms with E-state index in [1.54, 1.807) is 6.26 Å². The largest absolute Gasteiger partial charge is 0.467 e. The van der Waals surface area contributed by atoms with Crippen molar-refractivity contribution < 1.29 is 9.21 Å². The third-order valence-electron chi connectivity index (χ3n) is 5.37. The topological polar surface area (TPSA) is 89.1 Å². The summed E-state index contributed by atoms with van der Waals surface area (Å²) in [6.45, 7) is 6.46. The van der Waals surface area contributed by atoms with Crippen molar-refractivity contribution in [1.29, 1.82) is 0 Å². The summed E-state index contributed by atoms with van der Waals surface area (Å²) in [5.41, 5.74) is 2.97. The molecule has 4 heterocycles. The summed E-state index contributed by atoms with van der Waals surface area (Å²) in [6.07, 6.45) is 5.04. The lowest BCUT2D eigenvalue weighted by Gasteiger charge is -2.15. The average molecular weight is 394 g/mol. The number of carbonyl (C=O) groups excluding carboxylic acids is 1. The summed E-state index contributed by atoms with van der Waals surface area (Å²) in [4.78, 5) is 14.4. The van der Waals surface area contributed by atoms with Gasteiger partial charge in [-0.3, -0.25) is 4.79 Å². The van der Waals surface area contributed by atoms with Gasteiger partial charge in [0.25, 0.3) is 0 Å². The molecule has 1 aliphatic heterocycles. The molecule has 0 bridgehead atoms. The number of amides is 1. The lowest BCUT2D eigenvalue weighted by atomic mass is 10.1. The predicted molar refractivity (Wildman–Crippen MR) is 109 cm³/mol. The fourth-order valence-corrected chi connectivity index (χ4v) is 3.73. The smallest absolute Gasteiger partial charge is 0.220 e. The fourth-order valence-electron chi connectivity index (χ4n) is 3.73. The molecule has 0 saturated carbocycles. The molecule has 0 aromatic carbocycles. The van der Waals surface area contributed by atoms with E-state index >= 15 is 0 Å². The molecule has 3 aromatic heterocycles. The highest BCUT2D eigenvalue weighted by Gasteiger charge is 2.17. The minimum absolute atomic E-state index is 0.0114. The third-order valence-corrected chi connectivity index (χ3v) is 5.37.